The third-order valence-electron chi connectivity index (χ3n) is 3.42. The van der Waals surface area contributed by atoms with E-state index < -0.39 is 10.0 Å². The van der Waals surface area contributed by atoms with Crippen LogP contribution in [0.25, 0.3) is 0 Å². The maximum atomic E-state index is 12.4. The SMILES string of the molecule is CCCNC(C)c1ccc(S(=O)(=O)N(CC)CC)cc1. The van der Waals surface area contributed by atoms with Crippen LogP contribution in [0.3, 0.4) is 0 Å². The van der Waals surface area contributed by atoms with E-state index in [0.717, 1.165) is 18.5 Å². The first-order chi connectivity index (χ1) is 9.47. The number of nitrogens with one attached hydrogen (secondary N) is 1. The van der Waals surface area contributed by atoms with Crippen molar-refractivity contribution in [1.82, 2.24) is 9.62 Å². The molecule has 0 heterocycles. The molecule has 0 saturated carbocycles. The maximum absolute atomic E-state index is 12.4. The number of nitrogens with zero attached hydrogens (tertiary/aromatic N) is 1. The van der Waals surface area contributed by atoms with E-state index in [1.165, 1.54) is 4.31 Å². The minimum atomic E-state index is -3.35. The number of benzene rings is 1. The van der Waals surface area contributed by atoms with Gasteiger partial charge in [-0.1, -0.05) is 32.9 Å². The molecule has 20 heavy (non-hydrogen) atoms. The number of rotatable bonds is 8. The first-order valence-electron chi connectivity index (χ1n) is 7.30. The number of hydrogen-bond acceptors (Lipinski definition) is 3. The zero-order valence-corrected chi connectivity index (χ0v) is 13.7. The third kappa shape index (κ3) is 4.04. The minimum absolute atomic E-state index is 0.236. The first-order valence-corrected chi connectivity index (χ1v) is 8.74. The summed E-state index contributed by atoms with van der Waals surface area (Å²) in [6.07, 6.45) is 1.08. The van der Waals surface area contributed by atoms with Gasteiger partial charge in [0.2, 0.25) is 10.0 Å². The van der Waals surface area contributed by atoms with E-state index in [2.05, 4.69) is 19.2 Å². The lowest BCUT2D eigenvalue weighted by Crippen LogP contribution is -2.30. The van der Waals surface area contributed by atoms with Crippen LogP contribution in [0.15, 0.2) is 29.2 Å². The van der Waals surface area contributed by atoms with Crippen molar-refractivity contribution in [2.75, 3.05) is 19.6 Å². The van der Waals surface area contributed by atoms with Gasteiger partial charge in [-0.15, -0.1) is 0 Å². The van der Waals surface area contributed by atoms with Gasteiger partial charge >= 0.3 is 0 Å². The highest BCUT2D eigenvalue weighted by atomic mass is 32.2. The summed E-state index contributed by atoms with van der Waals surface area (Å²) in [7, 11) is -3.35. The van der Waals surface area contributed by atoms with Crippen molar-refractivity contribution in [2.24, 2.45) is 0 Å². The molecule has 0 bridgehead atoms. The maximum Gasteiger partial charge on any atom is 0.243 e. The van der Waals surface area contributed by atoms with Crippen molar-refractivity contribution < 1.29 is 8.42 Å². The molecule has 1 unspecified atom stereocenters. The summed E-state index contributed by atoms with van der Waals surface area (Å²) in [5, 5.41) is 3.39. The predicted molar refractivity (Wildman–Crippen MR) is 83.3 cm³/mol. The van der Waals surface area contributed by atoms with Crippen LogP contribution in [0, 0.1) is 0 Å². The van der Waals surface area contributed by atoms with Crippen molar-refractivity contribution in [3.8, 4) is 0 Å². The molecule has 5 heteroatoms. The molecule has 0 aromatic heterocycles. The minimum Gasteiger partial charge on any atom is -0.310 e. The van der Waals surface area contributed by atoms with Gasteiger partial charge in [0.15, 0.2) is 0 Å². The molecular weight excluding hydrogens is 272 g/mol. The second-order valence-electron chi connectivity index (χ2n) is 4.83. The zero-order chi connectivity index (χ0) is 15.2. The van der Waals surface area contributed by atoms with Gasteiger partial charge in [0, 0.05) is 19.1 Å². The zero-order valence-electron chi connectivity index (χ0n) is 12.9. The Hall–Kier alpha value is -0.910. The van der Waals surface area contributed by atoms with Gasteiger partial charge in [-0.05, 0) is 37.6 Å². The standard InChI is InChI=1S/C15H26N2O2S/c1-5-12-16-13(4)14-8-10-15(11-9-14)20(18,19)17(6-2)7-3/h8-11,13,16H,5-7,12H2,1-4H3. The van der Waals surface area contributed by atoms with Gasteiger partial charge in [0.05, 0.1) is 4.90 Å². The third-order valence-corrected chi connectivity index (χ3v) is 5.49. The normalized spacial score (nSPS) is 13.7. The lowest BCUT2D eigenvalue weighted by Gasteiger charge is -2.19. The number of sulfonamides is 1. The van der Waals surface area contributed by atoms with Crippen molar-refractivity contribution in [1.29, 1.82) is 0 Å². The molecule has 0 fully saturated rings. The monoisotopic (exact) mass is 298 g/mol. The molecule has 0 amide bonds. The molecular formula is C15H26N2O2S. The quantitative estimate of drug-likeness (QED) is 0.803. The molecule has 1 rings (SSSR count). The topological polar surface area (TPSA) is 49.4 Å². The molecule has 0 aliphatic carbocycles. The van der Waals surface area contributed by atoms with E-state index in [1.807, 2.05) is 26.0 Å². The van der Waals surface area contributed by atoms with E-state index in [-0.39, 0.29) is 6.04 Å². The second-order valence-corrected chi connectivity index (χ2v) is 6.77. The molecule has 0 saturated heterocycles. The lowest BCUT2D eigenvalue weighted by atomic mass is 10.1. The summed E-state index contributed by atoms with van der Waals surface area (Å²) in [6, 6.07) is 7.42. The Morgan fingerprint density at radius 3 is 2.10 bits per heavy atom. The van der Waals surface area contributed by atoms with E-state index in [4.69, 9.17) is 0 Å². The summed E-state index contributed by atoms with van der Waals surface area (Å²) in [5.41, 5.74) is 1.11. The Morgan fingerprint density at radius 1 is 1.10 bits per heavy atom. The van der Waals surface area contributed by atoms with Crippen LogP contribution in [0.1, 0.15) is 45.7 Å². The Morgan fingerprint density at radius 2 is 1.65 bits per heavy atom. The number of hydrogen-bond donors (Lipinski definition) is 1. The summed E-state index contributed by atoms with van der Waals surface area (Å²) in [5.74, 6) is 0. The highest BCUT2D eigenvalue weighted by Crippen LogP contribution is 2.19. The predicted octanol–water partition coefficient (Wildman–Crippen LogP) is 2.78. The fourth-order valence-electron chi connectivity index (χ4n) is 2.12. The van der Waals surface area contributed by atoms with Crippen molar-refractivity contribution in [3.05, 3.63) is 29.8 Å². The summed E-state index contributed by atoms with van der Waals surface area (Å²) < 4.78 is 26.2. The smallest absolute Gasteiger partial charge is 0.243 e. The van der Waals surface area contributed by atoms with E-state index in [1.54, 1.807) is 12.1 Å². The molecule has 0 radical (unpaired) electrons. The summed E-state index contributed by atoms with van der Waals surface area (Å²) >= 11 is 0. The Labute approximate surface area is 123 Å². The lowest BCUT2D eigenvalue weighted by molar-refractivity contribution is 0.445. The molecule has 1 aromatic rings. The molecule has 0 spiro atoms. The van der Waals surface area contributed by atoms with Crippen LogP contribution in [-0.4, -0.2) is 32.4 Å². The van der Waals surface area contributed by atoms with Crippen molar-refractivity contribution >= 4 is 10.0 Å². The van der Waals surface area contributed by atoms with Crippen LogP contribution in [-0.2, 0) is 10.0 Å². The molecule has 1 atom stereocenters. The first kappa shape index (κ1) is 17.1. The summed E-state index contributed by atoms with van der Waals surface area (Å²) in [6.45, 7) is 9.87. The highest BCUT2D eigenvalue weighted by Gasteiger charge is 2.21. The van der Waals surface area contributed by atoms with E-state index >= 15 is 0 Å². The van der Waals surface area contributed by atoms with E-state index in [0.29, 0.717) is 18.0 Å². The van der Waals surface area contributed by atoms with Gasteiger partial charge < -0.3 is 5.32 Å². The fourth-order valence-corrected chi connectivity index (χ4v) is 3.58. The van der Waals surface area contributed by atoms with Gasteiger partial charge in [-0.25, -0.2) is 8.42 Å². The summed E-state index contributed by atoms with van der Waals surface area (Å²) in [4.78, 5) is 0.368. The average Bonchev–Trinajstić information content (AvgIpc) is 2.46. The van der Waals surface area contributed by atoms with Crippen LogP contribution < -0.4 is 5.32 Å². The van der Waals surface area contributed by atoms with Gasteiger partial charge in [-0.2, -0.15) is 4.31 Å². The molecule has 4 nitrogen and oxygen atoms in total. The van der Waals surface area contributed by atoms with Gasteiger partial charge in [0.1, 0.15) is 0 Å². The van der Waals surface area contributed by atoms with E-state index in [9.17, 15) is 8.42 Å². The van der Waals surface area contributed by atoms with Crippen LogP contribution in [0.2, 0.25) is 0 Å². The van der Waals surface area contributed by atoms with Crippen LogP contribution in [0.5, 0.6) is 0 Å². The van der Waals surface area contributed by atoms with Gasteiger partial charge in [0.25, 0.3) is 0 Å². The second kappa shape index (κ2) is 7.76. The average molecular weight is 298 g/mol. The highest BCUT2D eigenvalue weighted by molar-refractivity contribution is 7.89. The fraction of sp³-hybridized carbons (Fsp3) is 0.600. The molecule has 0 aliphatic rings. The van der Waals surface area contributed by atoms with Crippen molar-refractivity contribution in [2.45, 2.75) is 45.1 Å². The Bertz CT molecular complexity index is 493. The van der Waals surface area contributed by atoms with Crippen molar-refractivity contribution in [3.63, 3.8) is 0 Å². The molecule has 114 valence electrons. The Balaban J connectivity index is 2.91. The van der Waals surface area contributed by atoms with Gasteiger partial charge in [-0.3, -0.25) is 0 Å². The molecule has 0 aliphatic heterocycles. The van der Waals surface area contributed by atoms with Crippen LogP contribution >= 0.6 is 0 Å². The van der Waals surface area contributed by atoms with Crippen LogP contribution in [0.4, 0.5) is 0 Å². The molecule has 1 N–H and O–H groups in total. The Kier molecular flexibility index (Phi) is 6.65. The molecule has 1 aromatic carbocycles. The largest absolute Gasteiger partial charge is 0.310 e.